The van der Waals surface area contributed by atoms with Gasteiger partial charge in [-0.2, -0.15) is 0 Å². The quantitative estimate of drug-likeness (QED) is 0.650. The average molecular weight is 424 g/mol. The van der Waals surface area contributed by atoms with Crippen LogP contribution in [0.1, 0.15) is 68.1 Å². The van der Waals surface area contributed by atoms with Crippen molar-refractivity contribution in [2.75, 3.05) is 26.3 Å². The Labute approximate surface area is 181 Å². The lowest BCUT2D eigenvalue weighted by Crippen LogP contribution is -3.14. The first-order valence-electron chi connectivity index (χ1n) is 11.6. The van der Waals surface area contributed by atoms with E-state index >= 15 is 0 Å². The van der Waals surface area contributed by atoms with E-state index in [1.807, 2.05) is 10.7 Å². The summed E-state index contributed by atoms with van der Waals surface area (Å²) in [7, 11) is 0. The number of rotatable bonds is 5. The highest BCUT2D eigenvalue weighted by atomic mass is 16.5. The Morgan fingerprint density at radius 1 is 1.19 bits per heavy atom. The number of aryl methyl sites for hydroxylation is 1. The van der Waals surface area contributed by atoms with E-state index in [0.29, 0.717) is 19.3 Å². The molecule has 5 rings (SSSR count). The van der Waals surface area contributed by atoms with Gasteiger partial charge in [0, 0.05) is 5.52 Å². The van der Waals surface area contributed by atoms with Crippen molar-refractivity contribution in [2.45, 2.75) is 57.5 Å². The summed E-state index contributed by atoms with van der Waals surface area (Å²) in [6.45, 7) is 5.17. The molecule has 0 bridgehead atoms. The number of nitrogens with zero attached hydrogens (tertiary/aromatic N) is 4. The summed E-state index contributed by atoms with van der Waals surface area (Å²) in [6.07, 6.45) is 6.83. The lowest BCUT2D eigenvalue weighted by Gasteiger charge is -2.32. The summed E-state index contributed by atoms with van der Waals surface area (Å²) in [4.78, 5) is 17.7. The molecule has 0 unspecified atom stereocenters. The lowest BCUT2D eigenvalue weighted by molar-refractivity contribution is -0.933. The predicted octanol–water partition coefficient (Wildman–Crippen LogP) is 1.59. The van der Waals surface area contributed by atoms with E-state index in [-0.39, 0.29) is 11.6 Å². The van der Waals surface area contributed by atoms with Crippen LogP contribution in [0.4, 0.5) is 0 Å². The van der Waals surface area contributed by atoms with Crippen LogP contribution in [-0.2, 0) is 11.2 Å². The highest BCUT2D eigenvalue weighted by molar-refractivity contribution is 5.79. The van der Waals surface area contributed by atoms with Gasteiger partial charge in [-0.3, -0.25) is 4.79 Å². The van der Waals surface area contributed by atoms with Crippen molar-refractivity contribution in [3.63, 3.8) is 0 Å². The van der Waals surface area contributed by atoms with Gasteiger partial charge in [0.15, 0.2) is 6.04 Å². The molecule has 1 saturated heterocycles. The molecule has 8 heteroatoms. The fourth-order valence-corrected chi connectivity index (χ4v) is 5.15. The molecule has 31 heavy (non-hydrogen) atoms. The zero-order valence-corrected chi connectivity index (χ0v) is 18.1. The van der Waals surface area contributed by atoms with Gasteiger partial charge < -0.3 is 14.6 Å². The second kappa shape index (κ2) is 8.88. The Hall–Kier alpha value is -2.58. The lowest BCUT2D eigenvalue weighted by atomic mass is 9.95. The van der Waals surface area contributed by atoms with Crippen molar-refractivity contribution in [1.82, 2.24) is 25.2 Å². The standard InChI is InChI=1S/C23H30N6O2/c1-2-16-8-9-20-17(14-16)15-19(23(30)24-20)21(28-10-12-31-13-11-28)22-25-26-27-29(22)18-6-4-3-5-7-18/h8-9,14-15,18,21H,2-7,10-13H2,1H3,(H,24,30)/p+1/t21-/m1/s1. The van der Waals surface area contributed by atoms with E-state index in [0.717, 1.165) is 54.6 Å². The average Bonchev–Trinajstić information content (AvgIpc) is 3.30. The maximum absolute atomic E-state index is 13.3. The molecular formula is C23H31N6O2+. The number of H-pyrrole nitrogens is 1. The SMILES string of the molecule is CCc1ccc2[nH]c(=O)c([C@H](c3nnnn3C3CCCCC3)[NH+]3CCOCC3)cc2c1. The number of benzene rings is 1. The van der Waals surface area contributed by atoms with Gasteiger partial charge in [-0.25, -0.2) is 4.68 Å². The summed E-state index contributed by atoms with van der Waals surface area (Å²) in [5.74, 6) is 0.806. The molecule has 2 fully saturated rings. The van der Waals surface area contributed by atoms with Crippen LogP contribution in [0.15, 0.2) is 29.1 Å². The molecule has 0 amide bonds. The molecular weight excluding hydrogens is 392 g/mol. The maximum atomic E-state index is 13.3. The number of pyridine rings is 1. The van der Waals surface area contributed by atoms with Crippen LogP contribution in [0, 0.1) is 0 Å². The molecule has 1 aliphatic heterocycles. The Morgan fingerprint density at radius 3 is 2.77 bits per heavy atom. The number of ether oxygens (including phenoxy) is 1. The minimum absolute atomic E-state index is 0.0565. The van der Waals surface area contributed by atoms with E-state index in [1.165, 1.54) is 29.7 Å². The maximum Gasteiger partial charge on any atom is 0.258 e. The fraction of sp³-hybridized carbons (Fsp3) is 0.565. The molecule has 0 radical (unpaired) electrons. The Balaban J connectivity index is 1.63. The van der Waals surface area contributed by atoms with Crippen molar-refractivity contribution >= 4 is 10.9 Å². The Bertz CT molecular complexity index is 1090. The van der Waals surface area contributed by atoms with Crippen molar-refractivity contribution in [3.05, 3.63) is 51.6 Å². The molecule has 1 aromatic carbocycles. The third-order valence-electron chi connectivity index (χ3n) is 6.90. The zero-order valence-electron chi connectivity index (χ0n) is 18.1. The summed E-state index contributed by atoms with van der Waals surface area (Å²) < 4.78 is 7.63. The number of morpholine rings is 1. The minimum Gasteiger partial charge on any atom is -0.370 e. The number of nitrogens with one attached hydrogen (secondary N) is 2. The first-order valence-corrected chi connectivity index (χ1v) is 11.6. The van der Waals surface area contributed by atoms with Crippen molar-refractivity contribution in [3.8, 4) is 0 Å². The largest absolute Gasteiger partial charge is 0.370 e. The number of hydrogen-bond acceptors (Lipinski definition) is 5. The van der Waals surface area contributed by atoms with Crippen LogP contribution >= 0.6 is 0 Å². The Morgan fingerprint density at radius 2 is 2.00 bits per heavy atom. The highest BCUT2D eigenvalue weighted by Gasteiger charge is 2.36. The third-order valence-corrected chi connectivity index (χ3v) is 6.90. The van der Waals surface area contributed by atoms with Gasteiger partial charge >= 0.3 is 0 Å². The topological polar surface area (TPSA) is 90.1 Å². The summed E-state index contributed by atoms with van der Waals surface area (Å²) >= 11 is 0. The third kappa shape index (κ3) is 4.02. The van der Waals surface area contributed by atoms with Crippen LogP contribution in [0.25, 0.3) is 10.9 Å². The van der Waals surface area contributed by atoms with Gasteiger partial charge in [0.05, 0.1) is 24.8 Å². The number of quaternary nitrogens is 1. The van der Waals surface area contributed by atoms with Crippen LogP contribution in [0.2, 0.25) is 0 Å². The number of hydrogen-bond donors (Lipinski definition) is 2. The van der Waals surface area contributed by atoms with Gasteiger partial charge in [-0.05, 0) is 58.8 Å². The zero-order chi connectivity index (χ0) is 21.2. The molecule has 164 valence electrons. The predicted molar refractivity (Wildman–Crippen MR) is 117 cm³/mol. The number of fused-ring (bicyclic) bond motifs is 1. The molecule has 2 aliphatic rings. The van der Waals surface area contributed by atoms with E-state index < -0.39 is 0 Å². The van der Waals surface area contributed by atoms with E-state index in [2.05, 4.69) is 45.6 Å². The smallest absolute Gasteiger partial charge is 0.258 e. The summed E-state index contributed by atoms with van der Waals surface area (Å²) in [6, 6.07) is 8.41. The van der Waals surface area contributed by atoms with E-state index in [1.54, 1.807) is 0 Å². The van der Waals surface area contributed by atoms with Crippen molar-refractivity contribution in [1.29, 1.82) is 0 Å². The number of tetrazole rings is 1. The second-order valence-electron chi connectivity index (χ2n) is 8.81. The van der Waals surface area contributed by atoms with Crippen LogP contribution in [-0.4, -0.2) is 51.5 Å². The van der Waals surface area contributed by atoms with Crippen LogP contribution in [0.5, 0.6) is 0 Å². The summed E-state index contributed by atoms with van der Waals surface area (Å²) in [5.41, 5.74) is 2.81. The van der Waals surface area contributed by atoms with E-state index in [9.17, 15) is 4.79 Å². The monoisotopic (exact) mass is 423 g/mol. The van der Waals surface area contributed by atoms with Gasteiger partial charge in [0.1, 0.15) is 13.1 Å². The van der Waals surface area contributed by atoms with Gasteiger partial charge in [-0.15, -0.1) is 5.10 Å². The van der Waals surface area contributed by atoms with Gasteiger partial charge in [-0.1, -0.05) is 32.3 Å². The first-order chi connectivity index (χ1) is 15.2. The molecule has 2 N–H and O–H groups in total. The second-order valence-corrected chi connectivity index (χ2v) is 8.81. The van der Waals surface area contributed by atoms with Gasteiger partial charge in [0.25, 0.3) is 5.56 Å². The first kappa shape index (κ1) is 20.3. The number of aromatic nitrogens is 5. The summed E-state index contributed by atoms with van der Waals surface area (Å²) in [5, 5.41) is 14.0. The molecule has 8 nitrogen and oxygen atoms in total. The van der Waals surface area contributed by atoms with Crippen molar-refractivity contribution in [2.24, 2.45) is 0 Å². The van der Waals surface area contributed by atoms with Gasteiger partial charge in [0.2, 0.25) is 5.82 Å². The molecule has 2 aromatic heterocycles. The molecule has 1 saturated carbocycles. The molecule has 3 heterocycles. The van der Waals surface area contributed by atoms with Crippen molar-refractivity contribution < 1.29 is 9.64 Å². The van der Waals surface area contributed by atoms with Crippen LogP contribution in [0.3, 0.4) is 0 Å². The molecule has 1 aliphatic carbocycles. The highest BCUT2D eigenvalue weighted by Crippen LogP contribution is 2.30. The van der Waals surface area contributed by atoms with Crippen LogP contribution < -0.4 is 10.5 Å². The molecule has 3 aromatic rings. The molecule has 1 atom stereocenters. The van der Waals surface area contributed by atoms with E-state index in [4.69, 9.17) is 4.74 Å². The Kier molecular flexibility index (Phi) is 5.82. The molecule has 0 spiro atoms. The number of aromatic amines is 1. The minimum atomic E-state index is -0.209. The fourth-order valence-electron chi connectivity index (χ4n) is 5.15. The normalized spacial score (nSPS) is 19.6.